The standard InChI is InChI=1S/C20H25N3O3S/c1-16-6-2-3-9-19(16)27(25,26)23-13-5-7-17(15-23)10-11-20(24)22-18-8-4-12-21-14-18/h2-4,6,8-9,12,14,17H,5,7,10-11,13,15H2,1H3,(H,22,24). The maximum Gasteiger partial charge on any atom is 0.243 e. The summed E-state index contributed by atoms with van der Waals surface area (Å²) in [6.07, 6.45) is 6.07. The molecular formula is C20H25N3O3S. The summed E-state index contributed by atoms with van der Waals surface area (Å²) in [7, 11) is -3.49. The Bertz CT molecular complexity index is 884. The second-order valence-electron chi connectivity index (χ2n) is 6.97. The van der Waals surface area contributed by atoms with Crippen LogP contribution in [0.2, 0.25) is 0 Å². The Labute approximate surface area is 160 Å². The summed E-state index contributed by atoms with van der Waals surface area (Å²) in [5, 5.41) is 2.82. The Balaban J connectivity index is 1.58. The fourth-order valence-electron chi connectivity index (χ4n) is 3.46. The number of nitrogens with zero attached hydrogens (tertiary/aromatic N) is 2. The minimum atomic E-state index is -3.49. The van der Waals surface area contributed by atoms with E-state index in [1.165, 1.54) is 0 Å². The predicted octanol–water partition coefficient (Wildman–Crippen LogP) is 3.21. The molecule has 1 aliphatic heterocycles. The first kappa shape index (κ1) is 19.5. The molecule has 1 saturated heterocycles. The minimum Gasteiger partial charge on any atom is -0.325 e. The van der Waals surface area contributed by atoms with Gasteiger partial charge in [-0.1, -0.05) is 18.2 Å². The summed E-state index contributed by atoms with van der Waals surface area (Å²) in [5.74, 6) is 0.124. The number of hydrogen-bond acceptors (Lipinski definition) is 4. The molecule has 1 N–H and O–H groups in total. The number of amides is 1. The first-order valence-electron chi connectivity index (χ1n) is 9.22. The zero-order valence-corrected chi connectivity index (χ0v) is 16.3. The van der Waals surface area contributed by atoms with Gasteiger partial charge in [0.1, 0.15) is 0 Å². The van der Waals surface area contributed by atoms with Gasteiger partial charge in [0.05, 0.1) is 16.8 Å². The first-order valence-corrected chi connectivity index (χ1v) is 10.7. The summed E-state index contributed by atoms with van der Waals surface area (Å²) in [5.41, 5.74) is 1.44. The number of pyridine rings is 1. The molecule has 0 radical (unpaired) electrons. The molecule has 0 spiro atoms. The van der Waals surface area contributed by atoms with E-state index < -0.39 is 10.0 Å². The average Bonchev–Trinajstić information content (AvgIpc) is 2.68. The van der Waals surface area contributed by atoms with Crippen LogP contribution < -0.4 is 5.32 Å². The summed E-state index contributed by atoms with van der Waals surface area (Å²) < 4.78 is 27.5. The van der Waals surface area contributed by atoms with Crippen molar-refractivity contribution in [2.24, 2.45) is 5.92 Å². The molecule has 6 nitrogen and oxygen atoms in total. The molecule has 0 bridgehead atoms. The number of rotatable bonds is 6. The number of sulfonamides is 1. The number of hydrogen-bond donors (Lipinski definition) is 1. The Morgan fingerprint density at radius 3 is 2.81 bits per heavy atom. The third kappa shape index (κ3) is 4.93. The summed E-state index contributed by atoms with van der Waals surface area (Å²) in [4.78, 5) is 16.5. The van der Waals surface area contributed by atoms with Crippen molar-refractivity contribution >= 4 is 21.6 Å². The van der Waals surface area contributed by atoms with Crippen molar-refractivity contribution in [2.45, 2.75) is 37.5 Å². The van der Waals surface area contributed by atoms with Crippen LogP contribution >= 0.6 is 0 Å². The Morgan fingerprint density at radius 2 is 2.07 bits per heavy atom. The highest BCUT2D eigenvalue weighted by atomic mass is 32.2. The van der Waals surface area contributed by atoms with Gasteiger partial charge >= 0.3 is 0 Å². The number of carbonyl (C=O) groups is 1. The lowest BCUT2D eigenvalue weighted by Crippen LogP contribution is -2.40. The van der Waals surface area contributed by atoms with Gasteiger partial charge in [0, 0.05) is 25.7 Å². The van der Waals surface area contributed by atoms with Crippen LogP contribution in [0.3, 0.4) is 0 Å². The zero-order valence-electron chi connectivity index (χ0n) is 15.5. The molecule has 1 amide bonds. The molecule has 0 aliphatic carbocycles. The maximum absolute atomic E-state index is 13.0. The molecule has 1 aromatic heterocycles. The van der Waals surface area contributed by atoms with E-state index in [0.717, 1.165) is 18.4 Å². The van der Waals surface area contributed by atoms with E-state index in [2.05, 4.69) is 10.3 Å². The Morgan fingerprint density at radius 1 is 1.26 bits per heavy atom. The van der Waals surface area contributed by atoms with Crippen molar-refractivity contribution < 1.29 is 13.2 Å². The van der Waals surface area contributed by atoms with Crippen molar-refractivity contribution in [1.29, 1.82) is 0 Å². The molecule has 3 rings (SSSR count). The Kier molecular flexibility index (Phi) is 6.23. The fraction of sp³-hybridized carbons (Fsp3) is 0.400. The molecule has 2 aromatic rings. The third-order valence-corrected chi connectivity index (χ3v) is 6.94. The highest BCUT2D eigenvalue weighted by molar-refractivity contribution is 7.89. The number of anilines is 1. The van der Waals surface area contributed by atoms with E-state index >= 15 is 0 Å². The molecule has 144 valence electrons. The van der Waals surface area contributed by atoms with Gasteiger partial charge in [-0.2, -0.15) is 4.31 Å². The quantitative estimate of drug-likeness (QED) is 0.825. The highest BCUT2D eigenvalue weighted by Gasteiger charge is 2.31. The van der Waals surface area contributed by atoms with Gasteiger partial charge in [-0.15, -0.1) is 0 Å². The minimum absolute atomic E-state index is 0.0677. The summed E-state index contributed by atoms with van der Waals surface area (Å²) in [6.45, 7) is 2.82. The van der Waals surface area contributed by atoms with Crippen molar-refractivity contribution in [3.05, 3.63) is 54.4 Å². The van der Waals surface area contributed by atoms with Gasteiger partial charge in [-0.3, -0.25) is 9.78 Å². The van der Waals surface area contributed by atoms with Crippen molar-refractivity contribution in [3.63, 3.8) is 0 Å². The van der Waals surface area contributed by atoms with Crippen molar-refractivity contribution in [1.82, 2.24) is 9.29 Å². The number of piperidine rings is 1. The Hall–Kier alpha value is -2.25. The fourth-order valence-corrected chi connectivity index (χ4v) is 5.24. The lowest BCUT2D eigenvalue weighted by atomic mass is 9.94. The lowest BCUT2D eigenvalue weighted by Gasteiger charge is -2.32. The van der Waals surface area contributed by atoms with Gasteiger partial charge in [0.2, 0.25) is 15.9 Å². The highest BCUT2D eigenvalue weighted by Crippen LogP contribution is 2.27. The third-order valence-electron chi connectivity index (χ3n) is 4.92. The number of aromatic nitrogens is 1. The van der Waals surface area contributed by atoms with E-state index in [9.17, 15) is 13.2 Å². The van der Waals surface area contributed by atoms with Crippen molar-refractivity contribution in [3.8, 4) is 0 Å². The van der Waals surface area contributed by atoms with E-state index in [1.807, 2.05) is 19.1 Å². The number of benzene rings is 1. The predicted molar refractivity (Wildman–Crippen MR) is 105 cm³/mol. The van der Waals surface area contributed by atoms with E-state index in [-0.39, 0.29) is 11.8 Å². The lowest BCUT2D eigenvalue weighted by molar-refractivity contribution is -0.116. The SMILES string of the molecule is Cc1ccccc1S(=O)(=O)N1CCCC(CCC(=O)Nc2cccnc2)C1. The molecular weight excluding hydrogens is 362 g/mol. The van der Waals surface area contributed by atoms with Gasteiger partial charge in [0.15, 0.2) is 0 Å². The zero-order chi connectivity index (χ0) is 19.3. The molecule has 0 saturated carbocycles. The van der Waals surface area contributed by atoms with Crippen LogP contribution in [0.15, 0.2) is 53.7 Å². The molecule has 1 atom stereocenters. The molecule has 1 unspecified atom stereocenters. The smallest absolute Gasteiger partial charge is 0.243 e. The second kappa shape index (κ2) is 8.63. The van der Waals surface area contributed by atoms with Gasteiger partial charge in [-0.05, 0) is 55.9 Å². The van der Waals surface area contributed by atoms with Crippen LogP contribution in [0.25, 0.3) is 0 Å². The van der Waals surface area contributed by atoms with Crippen LogP contribution in [0, 0.1) is 12.8 Å². The van der Waals surface area contributed by atoms with Gasteiger partial charge in [-0.25, -0.2) is 8.42 Å². The number of carbonyl (C=O) groups excluding carboxylic acids is 1. The van der Waals surface area contributed by atoms with Gasteiger partial charge in [0.25, 0.3) is 0 Å². The van der Waals surface area contributed by atoms with Crippen LogP contribution in [-0.2, 0) is 14.8 Å². The number of nitrogens with one attached hydrogen (secondary N) is 1. The van der Waals surface area contributed by atoms with Crippen molar-refractivity contribution in [2.75, 3.05) is 18.4 Å². The van der Waals surface area contributed by atoms with E-state index in [0.29, 0.717) is 36.5 Å². The summed E-state index contributed by atoms with van der Waals surface area (Å²) in [6, 6.07) is 10.6. The molecule has 1 aliphatic rings. The second-order valence-corrected chi connectivity index (χ2v) is 8.87. The molecule has 1 aromatic carbocycles. The maximum atomic E-state index is 13.0. The van der Waals surface area contributed by atoms with E-state index in [4.69, 9.17) is 0 Å². The van der Waals surface area contributed by atoms with Crippen LogP contribution in [-0.4, -0.2) is 36.7 Å². The van der Waals surface area contributed by atoms with Crippen LogP contribution in [0.4, 0.5) is 5.69 Å². The van der Waals surface area contributed by atoms with Gasteiger partial charge < -0.3 is 5.32 Å². The monoisotopic (exact) mass is 387 g/mol. The number of aryl methyl sites for hydroxylation is 1. The average molecular weight is 388 g/mol. The van der Waals surface area contributed by atoms with Crippen LogP contribution in [0.1, 0.15) is 31.2 Å². The topological polar surface area (TPSA) is 79.4 Å². The molecule has 7 heteroatoms. The molecule has 27 heavy (non-hydrogen) atoms. The largest absolute Gasteiger partial charge is 0.325 e. The first-order chi connectivity index (χ1) is 13.0. The normalized spacial score (nSPS) is 18.2. The van der Waals surface area contributed by atoms with Crippen LogP contribution in [0.5, 0.6) is 0 Å². The molecule has 1 fully saturated rings. The summed E-state index contributed by atoms with van der Waals surface area (Å²) >= 11 is 0. The van der Waals surface area contributed by atoms with E-state index in [1.54, 1.807) is 41.0 Å². The molecule has 2 heterocycles.